The second-order valence-corrected chi connectivity index (χ2v) is 9.52. The number of hydrogen-bond acceptors (Lipinski definition) is 6. The molecule has 9 heteroatoms. The van der Waals surface area contributed by atoms with Gasteiger partial charge in [0.2, 0.25) is 5.95 Å². The molecule has 1 aliphatic rings. The van der Waals surface area contributed by atoms with Gasteiger partial charge in [0.1, 0.15) is 0 Å². The molecular formula is C18H25N5O3S. The second kappa shape index (κ2) is 7.77. The number of amides is 1. The number of sulfone groups is 1. The van der Waals surface area contributed by atoms with Crippen molar-refractivity contribution in [1.29, 1.82) is 0 Å². The van der Waals surface area contributed by atoms with E-state index in [2.05, 4.69) is 20.7 Å². The van der Waals surface area contributed by atoms with Gasteiger partial charge >= 0.3 is 0 Å². The molecule has 0 unspecified atom stereocenters. The Balaban J connectivity index is 1.73. The normalized spacial score (nSPS) is 15.9. The van der Waals surface area contributed by atoms with E-state index in [4.69, 9.17) is 0 Å². The minimum Gasteiger partial charge on any atom is -0.317 e. The van der Waals surface area contributed by atoms with Gasteiger partial charge in [-0.15, -0.1) is 0 Å². The number of benzene rings is 1. The molecule has 2 aromatic rings. The van der Waals surface area contributed by atoms with E-state index in [0.717, 1.165) is 31.8 Å². The van der Waals surface area contributed by atoms with Crippen LogP contribution in [0.3, 0.4) is 0 Å². The van der Waals surface area contributed by atoms with Crippen LogP contribution >= 0.6 is 0 Å². The van der Waals surface area contributed by atoms with Gasteiger partial charge in [0.05, 0.1) is 10.1 Å². The predicted molar refractivity (Wildman–Crippen MR) is 103 cm³/mol. The summed E-state index contributed by atoms with van der Waals surface area (Å²) in [6, 6.07) is 5.94. The van der Waals surface area contributed by atoms with E-state index in [-0.39, 0.29) is 10.8 Å². The highest BCUT2D eigenvalue weighted by molar-refractivity contribution is 7.92. The Kier molecular flexibility index (Phi) is 5.61. The first-order valence-corrected chi connectivity index (χ1v) is 10.6. The number of nitrogens with zero attached hydrogens (tertiary/aromatic N) is 3. The lowest BCUT2D eigenvalue weighted by atomic mass is 9.98. The fraction of sp³-hybridized carbons (Fsp3) is 0.500. The largest absolute Gasteiger partial charge is 0.317 e. The van der Waals surface area contributed by atoms with E-state index in [1.54, 1.807) is 25.6 Å². The third-order valence-corrected chi connectivity index (χ3v) is 6.95. The Morgan fingerprint density at radius 2 is 1.85 bits per heavy atom. The summed E-state index contributed by atoms with van der Waals surface area (Å²) in [4.78, 5) is 17.2. The van der Waals surface area contributed by atoms with Gasteiger partial charge in [-0.3, -0.25) is 10.1 Å². The topological polar surface area (TPSA) is 106 Å². The van der Waals surface area contributed by atoms with Gasteiger partial charge in [-0.1, -0.05) is 0 Å². The Morgan fingerprint density at radius 3 is 2.44 bits per heavy atom. The Morgan fingerprint density at radius 1 is 1.22 bits per heavy atom. The molecule has 2 heterocycles. The van der Waals surface area contributed by atoms with Crippen molar-refractivity contribution >= 4 is 21.7 Å². The first kappa shape index (κ1) is 19.5. The average Bonchev–Trinajstić information content (AvgIpc) is 3.03. The van der Waals surface area contributed by atoms with Crippen LogP contribution in [0.2, 0.25) is 0 Å². The monoisotopic (exact) mass is 391 g/mol. The fourth-order valence-electron chi connectivity index (χ4n) is 3.01. The molecule has 27 heavy (non-hydrogen) atoms. The second-order valence-electron chi connectivity index (χ2n) is 7.01. The van der Waals surface area contributed by atoms with Crippen LogP contribution in [0, 0.1) is 0 Å². The molecule has 1 amide bonds. The SMILES string of the molecule is CC(C)S(=O)(=O)c1ccc(C(=O)Nc2nc(C3CCNCC3)nn2C)cc1. The molecule has 0 aliphatic carbocycles. The summed E-state index contributed by atoms with van der Waals surface area (Å²) in [6.45, 7) is 5.14. The molecule has 8 nitrogen and oxygen atoms in total. The zero-order valence-corrected chi connectivity index (χ0v) is 16.6. The van der Waals surface area contributed by atoms with E-state index in [1.165, 1.54) is 24.3 Å². The summed E-state index contributed by atoms with van der Waals surface area (Å²) < 4.78 is 25.9. The van der Waals surface area contributed by atoms with Crippen LogP contribution in [0.15, 0.2) is 29.2 Å². The average molecular weight is 391 g/mol. The van der Waals surface area contributed by atoms with Crippen molar-refractivity contribution in [2.45, 2.75) is 42.8 Å². The van der Waals surface area contributed by atoms with Crippen LogP contribution in [0.25, 0.3) is 0 Å². The molecule has 0 radical (unpaired) electrons. The number of anilines is 1. The van der Waals surface area contributed by atoms with Crippen LogP contribution in [-0.2, 0) is 16.9 Å². The minimum atomic E-state index is -3.36. The first-order valence-electron chi connectivity index (χ1n) is 9.06. The third-order valence-electron chi connectivity index (χ3n) is 4.77. The van der Waals surface area contributed by atoms with Gasteiger partial charge in [-0.2, -0.15) is 10.1 Å². The summed E-state index contributed by atoms with van der Waals surface area (Å²) in [5, 5.41) is 9.98. The van der Waals surface area contributed by atoms with Crippen molar-refractivity contribution < 1.29 is 13.2 Å². The van der Waals surface area contributed by atoms with Crippen molar-refractivity contribution in [2.75, 3.05) is 18.4 Å². The first-order chi connectivity index (χ1) is 12.8. The quantitative estimate of drug-likeness (QED) is 0.804. The maximum Gasteiger partial charge on any atom is 0.258 e. The highest BCUT2D eigenvalue weighted by atomic mass is 32.2. The summed E-state index contributed by atoms with van der Waals surface area (Å²) in [5.74, 6) is 1.07. The zero-order valence-electron chi connectivity index (χ0n) is 15.8. The standard InChI is InChI=1S/C18H25N5O3S/c1-12(2)27(25,26)15-6-4-14(5-7-15)17(24)21-18-20-16(22-23(18)3)13-8-10-19-11-9-13/h4-7,12-13,19H,8-11H2,1-3H3,(H,20,21,22,24). The summed E-state index contributed by atoms with van der Waals surface area (Å²) in [5.41, 5.74) is 0.365. The van der Waals surface area contributed by atoms with Gasteiger partial charge in [0.25, 0.3) is 5.91 Å². The number of rotatable bonds is 5. The lowest BCUT2D eigenvalue weighted by molar-refractivity contribution is 0.102. The van der Waals surface area contributed by atoms with Gasteiger partial charge in [-0.05, 0) is 64.0 Å². The van der Waals surface area contributed by atoms with E-state index in [9.17, 15) is 13.2 Å². The molecule has 1 fully saturated rings. The van der Waals surface area contributed by atoms with Crippen LogP contribution in [0.4, 0.5) is 5.95 Å². The minimum absolute atomic E-state index is 0.209. The number of piperidine rings is 1. The number of aryl methyl sites for hydroxylation is 1. The van der Waals surface area contributed by atoms with Crippen molar-refractivity contribution in [1.82, 2.24) is 20.1 Å². The maximum absolute atomic E-state index is 12.5. The van der Waals surface area contributed by atoms with Crippen LogP contribution in [0.1, 0.15) is 48.8 Å². The van der Waals surface area contributed by atoms with E-state index >= 15 is 0 Å². The molecule has 0 spiro atoms. The van der Waals surface area contributed by atoms with Crippen molar-refractivity contribution in [3.8, 4) is 0 Å². The third kappa shape index (κ3) is 4.19. The molecule has 0 bridgehead atoms. The number of aromatic nitrogens is 3. The zero-order chi connectivity index (χ0) is 19.6. The van der Waals surface area contributed by atoms with Gasteiger partial charge < -0.3 is 5.32 Å². The maximum atomic E-state index is 12.5. The summed E-state index contributed by atoms with van der Waals surface area (Å²) in [6.07, 6.45) is 1.95. The van der Waals surface area contributed by atoms with Crippen molar-refractivity contribution in [3.63, 3.8) is 0 Å². The van der Waals surface area contributed by atoms with E-state index in [0.29, 0.717) is 17.4 Å². The molecule has 0 saturated carbocycles. The van der Waals surface area contributed by atoms with Crippen LogP contribution < -0.4 is 10.6 Å². The summed E-state index contributed by atoms with van der Waals surface area (Å²) >= 11 is 0. The van der Waals surface area contributed by atoms with Crippen molar-refractivity contribution in [2.24, 2.45) is 7.05 Å². The molecule has 1 aromatic heterocycles. The van der Waals surface area contributed by atoms with Crippen LogP contribution in [0.5, 0.6) is 0 Å². The molecule has 2 N–H and O–H groups in total. The Hall–Kier alpha value is -2.26. The fourth-order valence-corrected chi connectivity index (χ4v) is 4.07. The molecule has 1 aromatic carbocycles. The highest BCUT2D eigenvalue weighted by Crippen LogP contribution is 2.23. The van der Waals surface area contributed by atoms with Gasteiger partial charge in [0, 0.05) is 18.5 Å². The van der Waals surface area contributed by atoms with E-state index in [1.807, 2.05) is 0 Å². The molecule has 3 rings (SSSR count). The number of nitrogens with one attached hydrogen (secondary N) is 2. The Bertz CT molecular complexity index is 913. The Labute approximate surface area is 159 Å². The smallest absolute Gasteiger partial charge is 0.258 e. The lowest BCUT2D eigenvalue weighted by Crippen LogP contribution is -2.27. The highest BCUT2D eigenvalue weighted by Gasteiger charge is 2.22. The molecule has 1 aliphatic heterocycles. The van der Waals surface area contributed by atoms with Crippen molar-refractivity contribution in [3.05, 3.63) is 35.7 Å². The predicted octanol–water partition coefficient (Wildman–Crippen LogP) is 1.72. The number of carbonyl (C=O) groups excluding carboxylic acids is 1. The number of carbonyl (C=O) groups is 1. The molecule has 0 atom stereocenters. The lowest BCUT2D eigenvalue weighted by Gasteiger charge is -2.19. The molecule has 1 saturated heterocycles. The molecular weight excluding hydrogens is 366 g/mol. The molecule has 146 valence electrons. The summed E-state index contributed by atoms with van der Waals surface area (Å²) in [7, 11) is -1.62. The van der Waals surface area contributed by atoms with Crippen LogP contribution in [-0.4, -0.2) is 47.4 Å². The van der Waals surface area contributed by atoms with Gasteiger partial charge in [0.15, 0.2) is 15.7 Å². The van der Waals surface area contributed by atoms with E-state index < -0.39 is 15.1 Å². The number of hydrogen-bond donors (Lipinski definition) is 2. The van der Waals surface area contributed by atoms with Gasteiger partial charge in [-0.25, -0.2) is 13.1 Å².